The molecule has 0 bridgehead atoms. The van der Waals surface area contributed by atoms with Crippen LogP contribution < -0.4 is 5.32 Å². The van der Waals surface area contributed by atoms with Crippen molar-refractivity contribution >= 4 is 5.91 Å². The number of hydrogen-bond acceptors (Lipinski definition) is 3. The maximum absolute atomic E-state index is 12.3. The van der Waals surface area contributed by atoms with Gasteiger partial charge in [-0.2, -0.15) is 5.26 Å². The van der Waals surface area contributed by atoms with Crippen LogP contribution in [0, 0.1) is 28.6 Å². The number of amides is 1. The summed E-state index contributed by atoms with van der Waals surface area (Å²) < 4.78 is 5.25. The standard InChI is InChI=1S/C15H24N2O2/c1-12-2-4-13(5-3-12)10-17-14(18)15(11-16)6-8-19-9-7-15/h12-13H,2-10H2,1H3,(H,17,18). The Hall–Kier alpha value is -1.08. The van der Waals surface area contributed by atoms with Crippen LogP contribution in [0.3, 0.4) is 0 Å². The third-order valence-electron chi connectivity index (χ3n) is 4.68. The van der Waals surface area contributed by atoms with Gasteiger partial charge in [0.25, 0.3) is 0 Å². The molecule has 4 heteroatoms. The van der Waals surface area contributed by atoms with Gasteiger partial charge in [-0.3, -0.25) is 4.79 Å². The van der Waals surface area contributed by atoms with Crippen LogP contribution in [0.4, 0.5) is 0 Å². The molecule has 0 aromatic carbocycles. The Labute approximate surface area is 115 Å². The van der Waals surface area contributed by atoms with E-state index in [2.05, 4.69) is 18.3 Å². The van der Waals surface area contributed by atoms with Gasteiger partial charge in [0, 0.05) is 19.8 Å². The second-order valence-corrected chi connectivity index (χ2v) is 6.14. The van der Waals surface area contributed by atoms with Gasteiger partial charge in [0.15, 0.2) is 0 Å². The highest BCUT2D eigenvalue weighted by Gasteiger charge is 2.40. The Morgan fingerprint density at radius 2 is 1.95 bits per heavy atom. The van der Waals surface area contributed by atoms with Gasteiger partial charge in [0.2, 0.25) is 5.91 Å². The van der Waals surface area contributed by atoms with Gasteiger partial charge in [-0.1, -0.05) is 19.8 Å². The van der Waals surface area contributed by atoms with Crippen LogP contribution in [0.2, 0.25) is 0 Å². The molecule has 2 fully saturated rings. The highest BCUT2D eigenvalue weighted by Crippen LogP contribution is 2.31. The summed E-state index contributed by atoms with van der Waals surface area (Å²) in [4.78, 5) is 12.3. The highest BCUT2D eigenvalue weighted by atomic mass is 16.5. The molecule has 1 heterocycles. The Kier molecular flexibility index (Phi) is 4.81. The van der Waals surface area contributed by atoms with Crippen molar-refractivity contribution < 1.29 is 9.53 Å². The molecule has 106 valence electrons. The van der Waals surface area contributed by atoms with Crippen LogP contribution in [0.25, 0.3) is 0 Å². The molecule has 1 aliphatic carbocycles. The summed E-state index contributed by atoms with van der Waals surface area (Å²) in [7, 11) is 0. The fourth-order valence-electron chi connectivity index (χ4n) is 3.05. The van der Waals surface area contributed by atoms with Crippen LogP contribution in [-0.4, -0.2) is 25.7 Å². The molecule has 4 nitrogen and oxygen atoms in total. The van der Waals surface area contributed by atoms with Crippen molar-refractivity contribution in [2.45, 2.75) is 45.4 Å². The van der Waals surface area contributed by atoms with E-state index < -0.39 is 5.41 Å². The van der Waals surface area contributed by atoms with E-state index in [1.807, 2.05) is 0 Å². The Morgan fingerprint density at radius 1 is 1.32 bits per heavy atom. The monoisotopic (exact) mass is 264 g/mol. The second-order valence-electron chi connectivity index (χ2n) is 6.14. The number of nitriles is 1. The Balaban J connectivity index is 1.81. The first-order valence-electron chi connectivity index (χ1n) is 7.43. The second kappa shape index (κ2) is 6.38. The van der Waals surface area contributed by atoms with Crippen molar-refractivity contribution in [1.82, 2.24) is 5.32 Å². The third kappa shape index (κ3) is 3.48. The topological polar surface area (TPSA) is 62.1 Å². The largest absolute Gasteiger partial charge is 0.381 e. The molecule has 1 N–H and O–H groups in total. The molecule has 0 radical (unpaired) electrons. The fourth-order valence-corrected chi connectivity index (χ4v) is 3.05. The van der Waals surface area contributed by atoms with Crippen LogP contribution in [0.1, 0.15) is 45.4 Å². The first-order valence-corrected chi connectivity index (χ1v) is 7.43. The van der Waals surface area contributed by atoms with Crippen LogP contribution in [-0.2, 0) is 9.53 Å². The fraction of sp³-hybridized carbons (Fsp3) is 0.867. The van der Waals surface area contributed by atoms with Crippen molar-refractivity contribution in [3.05, 3.63) is 0 Å². The lowest BCUT2D eigenvalue weighted by molar-refractivity contribution is -0.132. The molecule has 1 aliphatic heterocycles. The van der Waals surface area contributed by atoms with E-state index in [1.165, 1.54) is 25.7 Å². The molecule has 0 spiro atoms. The summed E-state index contributed by atoms with van der Waals surface area (Å²) in [5.41, 5.74) is -0.847. The zero-order chi connectivity index (χ0) is 13.7. The minimum absolute atomic E-state index is 0.0862. The third-order valence-corrected chi connectivity index (χ3v) is 4.68. The number of ether oxygens (including phenoxy) is 1. The van der Waals surface area contributed by atoms with Gasteiger partial charge < -0.3 is 10.1 Å². The molecule has 2 aliphatic rings. The molecule has 0 aromatic heterocycles. The van der Waals surface area contributed by atoms with E-state index in [1.54, 1.807) is 0 Å². The minimum Gasteiger partial charge on any atom is -0.381 e. The molecule has 0 unspecified atom stereocenters. The molecule has 1 amide bonds. The van der Waals surface area contributed by atoms with Gasteiger partial charge in [-0.05, 0) is 37.5 Å². The number of hydrogen-bond donors (Lipinski definition) is 1. The number of nitrogens with zero attached hydrogens (tertiary/aromatic N) is 1. The Morgan fingerprint density at radius 3 is 2.53 bits per heavy atom. The molecule has 19 heavy (non-hydrogen) atoms. The quantitative estimate of drug-likeness (QED) is 0.850. The summed E-state index contributed by atoms with van der Waals surface area (Å²) >= 11 is 0. The summed E-state index contributed by atoms with van der Waals surface area (Å²) in [5.74, 6) is 1.33. The predicted octanol–water partition coefficient (Wildman–Crippen LogP) is 2.25. The van der Waals surface area contributed by atoms with Gasteiger partial charge in [-0.15, -0.1) is 0 Å². The van der Waals surface area contributed by atoms with Crippen molar-refractivity contribution in [3.63, 3.8) is 0 Å². The molecular weight excluding hydrogens is 240 g/mol. The van der Waals surface area contributed by atoms with E-state index in [9.17, 15) is 10.1 Å². The lowest BCUT2D eigenvalue weighted by Crippen LogP contribution is -2.45. The molecule has 1 saturated heterocycles. The number of rotatable bonds is 3. The first kappa shape index (κ1) is 14.3. The zero-order valence-electron chi connectivity index (χ0n) is 11.8. The average molecular weight is 264 g/mol. The van der Waals surface area contributed by atoms with E-state index in [-0.39, 0.29) is 5.91 Å². The SMILES string of the molecule is CC1CCC(CNC(=O)C2(C#N)CCOCC2)CC1. The predicted molar refractivity (Wildman–Crippen MR) is 72.2 cm³/mol. The maximum Gasteiger partial charge on any atom is 0.240 e. The van der Waals surface area contributed by atoms with E-state index in [0.717, 1.165) is 12.5 Å². The Bertz CT molecular complexity index is 348. The van der Waals surface area contributed by atoms with Crippen molar-refractivity contribution in [3.8, 4) is 6.07 Å². The summed E-state index contributed by atoms with van der Waals surface area (Å²) in [6.45, 7) is 4.06. The molecule has 2 rings (SSSR count). The van der Waals surface area contributed by atoms with Gasteiger partial charge >= 0.3 is 0 Å². The summed E-state index contributed by atoms with van der Waals surface area (Å²) in [5, 5.41) is 12.3. The van der Waals surface area contributed by atoms with Crippen molar-refractivity contribution in [2.75, 3.05) is 19.8 Å². The minimum atomic E-state index is -0.847. The van der Waals surface area contributed by atoms with Gasteiger partial charge in [0.05, 0.1) is 6.07 Å². The number of carbonyl (C=O) groups excluding carboxylic acids is 1. The number of carbonyl (C=O) groups is 1. The molecule has 0 aromatic rings. The van der Waals surface area contributed by atoms with Crippen LogP contribution >= 0.6 is 0 Å². The molecule has 0 atom stereocenters. The maximum atomic E-state index is 12.3. The normalized spacial score (nSPS) is 30.3. The lowest BCUT2D eigenvalue weighted by atomic mass is 9.80. The summed E-state index contributed by atoms with van der Waals surface area (Å²) in [6.07, 6.45) is 5.97. The summed E-state index contributed by atoms with van der Waals surface area (Å²) in [6, 6.07) is 2.22. The lowest BCUT2D eigenvalue weighted by Gasteiger charge is -2.31. The molecule has 1 saturated carbocycles. The van der Waals surface area contributed by atoms with Crippen LogP contribution in [0.5, 0.6) is 0 Å². The highest BCUT2D eigenvalue weighted by molar-refractivity contribution is 5.85. The smallest absolute Gasteiger partial charge is 0.240 e. The molecular formula is C15H24N2O2. The first-order chi connectivity index (χ1) is 9.16. The van der Waals surface area contributed by atoms with E-state index in [4.69, 9.17) is 4.74 Å². The van der Waals surface area contributed by atoms with Gasteiger partial charge in [0.1, 0.15) is 5.41 Å². The van der Waals surface area contributed by atoms with Crippen LogP contribution in [0.15, 0.2) is 0 Å². The van der Waals surface area contributed by atoms with E-state index >= 15 is 0 Å². The zero-order valence-corrected chi connectivity index (χ0v) is 11.8. The van der Waals surface area contributed by atoms with Crippen molar-refractivity contribution in [1.29, 1.82) is 5.26 Å². The number of nitrogens with one attached hydrogen (secondary N) is 1. The van der Waals surface area contributed by atoms with Crippen molar-refractivity contribution in [2.24, 2.45) is 17.3 Å². The van der Waals surface area contributed by atoms with E-state index in [0.29, 0.717) is 32.0 Å². The average Bonchev–Trinajstić information content (AvgIpc) is 2.47. The van der Waals surface area contributed by atoms with Gasteiger partial charge in [-0.25, -0.2) is 0 Å².